The standard InChI is InChI=1S/C26H40N2O5S/c1-7-9-10-17-33-23(32)19-18-21(30)27(15-11-16-29)20(26(18)13-12-25(19,6)34-26)22(31)28(14-8-2)24(3,4)5/h7-8,18-20,29H,1-2,9-17H2,3-6H3/t18-,19+,20?,25-,26?/m0/s1. The van der Waals surface area contributed by atoms with Gasteiger partial charge in [0.05, 0.1) is 23.2 Å². The third-order valence-corrected chi connectivity index (χ3v) is 9.49. The van der Waals surface area contributed by atoms with E-state index in [9.17, 15) is 19.5 Å². The van der Waals surface area contributed by atoms with Crippen LogP contribution in [0.4, 0.5) is 0 Å². The molecule has 0 radical (unpaired) electrons. The number of carbonyl (C=O) groups is 3. The van der Waals surface area contributed by atoms with Gasteiger partial charge in [-0.1, -0.05) is 12.2 Å². The number of amides is 2. The smallest absolute Gasteiger partial charge is 0.311 e. The van der Waals surface area contributed by atoms with E-state index in [4.69, 9.17) is 4.74 Å². The van der Waals surface area contributed by atoms with Gasteiger partial charge in [0.2, 0.25) is 11.8 Å². The van der Waals surface area contributed by atoms with Crippen LogP contribution >= 0.6 is 11.8 Å². The summed E-state index contributed by atoms with van der Waals surface area (Å²) in [6.07, 6.45) is 6.78. The number of likely N-dealkylation sites (tertiary alicyclic amines) is 1. The first-order valence-corrected chi connectivity index (χ1v) is 13.1. The second-order valence-electron chi connectivity index (χ2n) is 10.8. The molecule has 2 unspecified atom stereocenters. The summed E-state index contributed by atoms with van der Waals surface area (Å²) >= 11 is 1.64. The zero-order valence-electron chi connectivity index (χ0n) is 21.0. The molecule has 3 fully saturated rings. The second kappa shape index (κ2) is 10.1. The molecule has 3 saturated heterocycles. The predicted octanol–water partition coefficient (Wildman–Crippen LogP) is 3.17. The lowest BCUT2D eigenvalue weighted by Crippen LogP contribution is -2.58. The highest BCUT2D eigenvalue weighted by molar-refractivity contribution is 8.02. The van der Waals surface area contributed by atoms with Crippen LogP contribution in [0.5, 0.6) is 0 Å². The van der Waals surface area contributed by atoms with Gasteiger partial charge in [-0.2, -0.15) is 0 Å². The van der Waals surface area contributed by atoms with Crippen LogP contribution in [0.15, 0.2) is 25.3 Å². The molecule has 1 spiro atoms. The monoisotopic (exact) mass is 492 g/mol. The van der Waals surface area contributed by atoms with Crippen molar-refractivity contribution in [3.63, 3.8) is 0 Å². The van der Waals surface area contributed by atoms with Gasteiger partial charge in [0.1, 0.15) is 6.04 Å². The summed E-state index contributed by atoms with van der Waals surface area (Å²) in [5.74, 6) is -1.80. The Kier molecular flexibility index (Phi) is 7.92. The van der Waals surface area contributed by atoms with Gasteiger partial charge in [-0.15, -0.1) is 24.9 Å². The molecule has 1 N–H and O–H groups in total. The van der Waals surface area contributed by atoms with Crippen LogP contribution < -0.4 is 0 Å². The molecular weight excluding hydrogens is 452 g/mol. The second-order valence-corrected chi connectivity index (χ2v) is 12.7. The Morgan fingerprint density at radius 1 is 1.26 bits per heavy atom. The van der Waals surface area contributed by atoms with Gasteiger partial charge in [-0.3, -0.25) is 14.4 Å². The van der Waals surface area contributed by atoms with Gasteiger partial charge in [0.25, 0.3) is 0 Å². The van der Waals surface area contributed by atoms with E-state index < -0.39 is 32.9 Å². The molecule has 2 amide bonds. The topological polar surface area (TPSA) is 87.1 Å². The van der Waals surface area contributed by atoms with Gasteiger partial charge >= 0.3 is 5.97 Å². The Hall–Kier alpha value is -1.80. The number of fused-ring (bicyclic) bond motifs is 1. The molecule has 7 nitrogen and oxygen atoms in total. The molecule has 5 atom stereocenters. The third-order valence-electron chi connectivity index (χ3n) is 7.51. The first-order chi connectivity index (χ1) is 16.0. The van der Waals surface area contributed by atoms with E-state index in [-0.39, 0.29) is 30.9 Å². The number of hydrogen-bond acceptors (Lipinski definition) is 6. The summed E-state index contributed by atoms with van der Waals surface area (Å²) in [4.78, 5) is 44.7. The van der Waals surface area contributed by atoms with E-state index in [1.807, 2.05) is 27.7 Å². The van der Waals surface area contributed by atoms with Crippen LogP contribution in [0.25, 0.3) is 0 Å². The number of esters is 1. The van der Waals surface area contributed by atoms with Gasteiger partial charge in [0.15, 0.2) is 0 Å². The molecule has 0 aromatic heterocycles. The van der Waals surface area contributed by atoms with Gasteiger partial charge in [-0.05, 0) is 59.8 Å². The Morgan fingerprint density at radius 3 is 2.56 bits per heavy atom. The van der Waals surface area contributed by atoms with Crippen LogP contribution in [0.2, 0.25) is 0 Å². The lowest BCUT2D eigenvalue weighted by molar-refractivity contribution is -0.155. The summed E-state index contributed by atoms with van der Waals surface area (Å²) in [5.41, 5.74) is -0.458. The Morgan fingerprint density at radius 2 is 1.97 bits per heavy atom. The van der Waals surface area contributed by atoms with Crippen molar-refractivity contribution in [1.29, 1.82) is 0 Å². The minimum atomic E-state index is -0.680. The number of allylic oxidation sites excluding steroid dienone is 1. The largest absolute Gasteiger partial charge is 0.465 e. The molecule has 0 aromatic rings. The third kappa shape index (κ3) is 4.43. The van der Waals surface area contributed by atoms with Crippen LogP contribution in [0.1, 0.15) is 59.8 Å². The number of hydrogen-bond donors (Lipinski definition) is 1. The SMILES string of the molecule is C=CCCCOC(=O)[C@H]1[C@H]2C(=O)N(CCCO)C(C(=O)N(CC=C)C(C)(C)C)C23CC[C@]1(C)S3. The molecular formula is C26H40N2O5S. The maximum absolute atomic E-state index is 14.1. The summed E-state index contributed by atoms with van der Waals surface area (Å²) in [6, 6.07) is -0.680. The first kappa shape index (κ1) is 26.8. The van der Waals surface area contributed by atoms with Crippen molar-refractivity contribution in [3.8, 4) is 0 Å². The number of ether oxygens (including phenoxy) is 1. The molecule has 0 saturated carbocycles. The number of nitrogens with zero attached hydrogens (tertiary/aromatic N) is 2. The maximum atomic E-state index is 14.1. The van der Waals surface area contributed by atoms with Gasteiger partial charge in [0, 0.05) is 30.0 Å². The molecule has 0 aromatic carbocycles. The van der Waals surface area contributed by atoms with E-state index in [0.717, 1.165) is 12.8 Å². The molecule has 3 rings (SSSR count). The summed E-state index contributed by atoms with van der Waals surface area (Å²) in [7, 11) is 0. The van der Waals surface area contributed by atoms with Crippen molar-refractivity contribution in [1.82, 2.24) is 9.80 Å². The van der Waals surface area contributed by atoms with E-state index in [1.165, 1.54) is 0 Å². The van der Waals surface area contributed by atoms with Gasteiger partial charge in [-0.25, -0.2) is 0 Å². The Labute approximate surface area is 208 Å². The minimum Gasteiger partial charge on any atom is -0.465 e. The van der Waals surface area contributed by atoms with Crippen molar-refractivity contribution in [2.45, 2.75) is 80.9 Å². The first-order valence-electron chi connectivity index (χ1n) is 12.3. The zero-order chi connectivity index (χ0) is 25.3. The van der Waals surface area contributed by atoms with Crippen molar-refractivity contribution in [2.24, 2.45) is 11.8 Å². The molecule has 3 aliphatic heterocycles. The molecule has 8 heteroatoms. The molecule has 2 bridgehead atoms. The van der Waals surface area contributed by atoms with Crippen LogP contribution in [-0.2, 0) is 19.1 Å². The maximum Gasteiger partial charge on any atom is 0.311 e. The predicted molar refractivity (Wildman–Crippen MR) is 134 cm³/mol. The summed E-state index contributed by atoms with van der Waals surface area (Å²) in [5, 5.41) is 9.48. The van der Waals surface area contributed by atoms with Crippen LogP contribution in [-0.4, -0.2) is 80.1 Å². The van der Waals surface area contributed by atoms with Crippen molar-refractivity contribution >= 4 is 29.5 Å². The average Bonchev–Trinajstić information content (AvgIpc) is 3.33. The fourth-order valence-electron chi connectivity index (χ4n) is 6.01. The van der Waals surface area contributed by atoms with E-state index >= 15 is 0 Å². The van der Waals surface area contributed by atoms with Crippen molar-refractivity contribution in [3.05, 3.63) is 25.3 Å². The molecule has 3 aliphatic rings. The molecule has 3 heterocycles. The van der Waals surface area contributed by atoms with Crippen molar-refractivity contribution < 1.29 is 24.2 Å². The van der Waals surface area contributed by atoms with E-state index in [1.54, 1.807) is 33.7 Å². The number of thioether (sulfide) groups is 1. The highest BCUT2D eigenvalue weighted by Gasteiger charge is 2.77. The van der Waals surface area contributed by atoms with E-state index in [0.29, 0.717) is 32.4 Å². The number of unbranched alkanes of at least 4 members (excludes halogenated alkanes) is 1. The molecule has 190 valence electrons. The highest BCUT2D eigenvalue weighted by atomic mass is 32.2. The number of aliphatic hydroxyl groups is 1. The average molecular weight is 493 g/mol. The number of aliphatic hydroxyl groups excluding tert-OH is 1. The lowest BCUT2D eigenvalue weighted by atomic mass is 9.66. The van der Waals surface area contributed by atoms with Crippen molar-refractivity contribution in [2.75, 3.05) is 26.3 Å². The number of rotatable bonds is 11. The number of carbonyl (C=O) groups excluding carboxylic acids is 3. The van der Waals surface area contributed by atoms with Crippen LogP contribution in [0.3, 0.4) is 0 Å². The summed E-state index contributed by atoms with van der Waals surface area (Å²) < 4.78 is 4.52. The Bertz CT molecular complexity index is 840. The zero-order valence-corrected chi connectivity index (χ0v) is 21.9. The molecule has 34 heavy (non-hydrogen) atoms. The minimum absolute atomic E-state index is 0.0718. The fourth-order valence-corrected chi connectivity index (χ4v) is 8.34. The summed E-state index contributed by atoms with van der Waals surface area (Å²) in [6.45, 7) is 16.4. The quantitative estimate of drug-likeness (QED) is 0.271. The fraction of sp³-hybridized carbons (Fsp3) is 0.731. The van der Waals surface area contributed by atoms with E-state index in [2.05, 4.69) is 13.2 Å². The molecule has 0 aliphatic carbocycles. The van der Waals surface area contributed by atoms with Crippen LogP contribution in [0, 0.1) is 11.8 Å². The Balaban J connectivity index is 2.00. The lowest BCUT2D eigenvalue weighted by Gasteiger charge is -2.42. The highest BCUT2D eigenvalue weighted by Crippen LogP contribution is 2.71. The normalized spacial score (nSPS) is 32.0. The van der Waals surface area contributed by atoms with Gasteiger partial charge < -0.3 is 19.6 Å².